The van der Waals surface area contributed by atoms with Gasteiger partial charge in [0.15, 0.2) is 16.3 Å². The smallest absolute Gasteiger partial charge is 0.338 e. The summed E-state index contributed by atoms with van der Waals surface area (Å²) >= 11 is 7.41. The van der Waals surface area contributed by atoms with Crippen LogP contribution in [0.4, 0.5) is 0 Å². The second-order valence-electron chi connectivity index (χ2n) is 10.0. The summed E-state index contributed by atoms with van der Waals surface area (Å²) in [5, 5.41) is 0.667. The Balaban J connectivity index is 1.69. The lowest BCUT2D eigenvalue weighted by molar-refractivity contribution is -0.139. The third-order valence-corrected chi connectivity index (χ3v) is 8.48. The number of esters is 1. The minimum Gasteiger partial charge on any atom is -0.490 e. The van der Waals surface area contributed by atoms with E-state index in [0.29, 0.717) is 55.9 Å². The fraction of sp³-hybridized carbons (Fsp3) is 0.303. The molecule has 0 saturated heterocycles. The first-order valence-corrected chi connectivity index (χ1v) is 15.4. The second kappa shape index (κ2) is 12.7. The molecule has 0 fully saturated rings. The van der Waals surface area contributed by atoms with Gasteiger partial charge in [-0.05, 0) is 101 Å². The maximum Gasteiger partial charge on any atom is 0.338 e. The molecule has 1 atom stereocenters. The van der Waals surface area contributed by atoms with Gasteiger partial charge in [0.1, 0.15) is 0 Å². The summed E-state index contributed by atoms with van der Waals surface area (Å²) < 4.78 is 21.3. The number of aryl methyl sites for hydroxylation is 1. The maximum absolute atomic E-state index is 14.2. The van der Waals surface area contributed by atoms with Crippen molar-refractivity contribution in [2.75, 3.05) is 19.8 Å². The molecule has 43 heavy (non-hydrogen) atoms. The van der Waals surface area contributed by atoms with Crippen LogP contribution in [0.3, 0.4) is 0 Å². The van der Waals surface area contributed by atoms with Crippen molar-refractivity contribution < 1.29 is 19.0 Å². The van der Waals surface area contributed by atoms with Crippen LogP contribution in [0.15, 0.2) is 69.6 Å². The van der Waals surface area contributed by atoms with Crippen molar-refractivity contribution in [2.24, 2.45) is 4.99 Å². The number of fused-ring (bicyclic) bond motifs is 1. The zero-order chi connectivity index (χ0) is 30.8. The molecule has 0 N–H and O–H groups in total. The molecule has 0 unspecified atom stereocenters. The Hall–Kier alpha value is -4.08. The molecule has 0 saturated carbocycles. The monoisotopic (exact) mass is 619 g/mol. The first-order chi connectivity index (χ1) is 20.7. The molecule has 8 nitrogen and oxygen atoms in total. The summed E-state index contributed by atoms with van der Waals surface area (Å²) in [5.74, 6) is 0.618. The minimum absolute atomic E-state index is 0.198. The number of halogens is 1. The summed E-state index contributed by atoms with van der Waals surface area (Å²) in [6.07, 6.45) is 1.89. The first kappa shape index (κ1) is 30.4. The van der Waals surface area contributed by atoms with Crippen LogP contribution in [0.25, 0.3) is 11.8 Å². The van der Waals surface area contributed by atoms with E-state index >= 15 is 0 Å². The number of benzene rings is 2. The summed E-state index contributed by atoms with van der Waals surface area (Å²) in [5.41, 5.74) is 5.17. The molecule has 1 aliphatic rings. The van der Waals surface area contributed by atoms with Crippen molar-refractivity contribution >= 4 is 35.0 Å². The zero-order valence-electron chi connectivity index (χ0n) is 25.1. The molecule has 3 heterocycles. The van der Waals surface area contributed by atoms with Crippen LogP contribution >= 0.6 is 22.9 Å². The molecular formula is C33H34ClN3O5S. The van der Waals surface area contributed by atoms with Gasteiger partial charge in [0.25, 0.3) is 5.56 Å². The van der Waals surface area contributed by atoms with Gasteiger partial charge in [0, 0.05) is 22.1 Å². The highest BCUT2D eigenvalue weighted by Crippen LogP contribution is 2.36. The number of hydrogen-bond acceptors (Lipinski definition) is 7. The fourth-order valence-electron chi connectivity index (χ4n) is 5.41. The van der Waals surface area contributed by atoms with Crippen molar-refractivity contribution in [3.05, 3.63) is 107 Å². The third kappa shape index (κ3) is 5.79. The van der Waals surface area contributed by atoms with Crippen molar-refractivity contribution in [1.82, 2.24) is 9.13 Å². The van der Waals surface area contributed by atoms with Gasteiger partial charge in [-0.2, -0.15) is 0 Å². The molecule has 0 spiro atoms. The number of rotatable bonds is 9. The molecule has 0 amide bonds. The highest BCUT2D eigenvalue weighted by atomic mass is 35.5. The van der Waals surface area contributed by atoms with Crippen LogP contribution in [0, 0.1) is 13.8 Å². The summed E-state index contributed by atoms with van der Waals surface area (Å²) in [6, 6.07) is 14.4. The van der Waals surface area contributed by atoms with E-state index in [1.807, 2.05) is 76.2 Å². The van der Waals surface area contributed by atoms with Crippen LogP contribution in [-0.2, 0) is 9.53 Å². The molecule has 4 aromatic rings. The highest BCUT2D eigenvalue weighted by Gasteiger charge is 2.34. The van der Waals surface area contributed by atoms with E-state index in [4.69, 9.17) is 30.8 Å². The number of carbonyl (C=O) groups excluding carboxylic acids is 1. The predicted molar refractivity (Wildman–Crippen MR) is 169 cm³/mol. The Morgan fingerprint density at radius 2 is 1.67 bits per heavy atom. The number of thiazole rings is 1. The zero-order valence-corrected chi connectivity index (χ0v) is 26.6. The normalized spacial score (nSPS) is 14.9. The van der Waals surface area contributed by atoms with Crippen LogP contribution in [0.1, 0.15) is 56.3 Å². The summed E-state index contributed by atoms with van der Waals surface area (Å²) in [4.78, 5) is 32.7. The van der Waals surface area contributed by atoms with E-state index in [9.17, 15) is 9.59 Å². The first-order valence-electron chi connectivity index (χ1n) is 14.2. The lowest BCUT2D eigenvalue weighted by Crippen LogP contribution is -2.40. The van der Waals surface area contributed by atoms with E-state index in [2.05, 4.69) is 10.6 Å². The molecule has 1 aliphatic heterocycles. The number of ether oxygens (including phenoxy) is 3. The second-order valence-corrected chi connectivity index (χ2v) is 11.5. The van der Waals surface area contributed by atoms with Crippen molar-refractivity contribution in [3.63, 3.8) is 0 Å². The van der Waals surface area contributed by atoms with Gasteiger partial charge in [-0.15, -0.1) is 0 Å². The maximum atomic E-state index is 14.2. The molecule has 0 aliphatic carbocycles. The average molecular weight is 620 g/mol. The standard InChI is InChI=1S/C33H34ClN3O5S/c1-7-40-26-15-10-22(17-27(26)41-8-2)30-29(32(39)42-9-3)20(5)35-33-37(30)31(38)28(43-33)18-23-16-19(4)36(21(23)6)25-13-11-24(34)12-14-25/h10-18,30H,7-9H2,1-6H3/b28-18-/t30-/m1/s1. The largest absolute Gasteiger partial charge is 0.490 e. The van der Waals surface area contributed by atoms with Gasteiger partial charge >= 0.3 is 5.97 Å². The van der Waals surface area contributed by atoms with Crippen LogP contribution in [0.5, 0.6) is 11.5 Å². The number of nitrogens with zero attached hydrogens (tertiary/aromatic N) is 3. The topological polar surface area (TPSA) is 84.1 Å². The quantitative estimate of drug-likeness (QED) is 0.226. The lowest BCUT2D eigenvalue weighted by atomic mass is 9.95. The van der Waals surface area contributed by atoms with Gasteiger partial charge in [-0.25, -0.2) is 9.79 Å². The molecule has 0 radical (unpaired) electrons. The Morgan fingerprint density at radius 3 is 2.35 bits per heavy atom. The molecule has 5 rings (SSSR count). The Bertz CT molecular complexity index is 1900. The van der Waals surface area contributed by atoms with E-state index in [1.165, 1.54) is 11.3 Å². The summed E-state index contributed by atoms with van der Waals surface area (Å²) in [7, 11) is 0. The van der Waals surface area contributed by atoms with Gasteiger partial charge in [-0.1, -0.05) is 29.0 Å². The SMILES string of the molecule is CCOC(=O)C1=C(C)N=c2s/c(=C\c3cc(C)n(-c4ccc(Cl)cc4)c3C)c(=O)n2[C@@H]1c1ccc(OCC)c(OCC)c1. The molecule has 2 aromatic carbocycles. The molecule has 224 valence electrons. The number of aromatic nitrogens is 2. The van der Waals surface area contributed by atoms with Gasteiger partial charge in [0.05, 0.1) is 41.7 Å². The molecular weight excluding hydrogens is 586 g/mol. The third-order valence-electron chi connectivity index (χ3n) is 7.24. The Morgan fingerprint density at radius 1 is 0.977 bits per heavy atom. The minimum atomic E-state index is -0.756. The Labute approximate surface area is 259 Å². The lowest BCUT2D eigenvalue weighted by Gasteiger charge is -2.25. The predicted octanol–water partition coefficient (Wildman–Crippen LogP) is 5.66. The number of carbonyl (C=O) groups is 1. The average Bonchev–Trinajstić information content (AvgIpc) is 3.43. The highest BCUT2D eigenvalue weighted by molar-refractivity contribution is 7.07. The van der Waals surface area contributed by atoms with Gasteiger partial charge < -0.3 is 18.8 Å². The summed E-state index contributed by atoms with van der Waals surface area (Å²) in [6.45, 7) is 12.5. The molecule has 0 bridgehead atoms. The van der Waals surface area contributed by atoms with Crippen molar-refractivity contribution in [3.8, 4) is 17.2 Å². The van der Waals surface area contributed by atoms with Crippen molar-refractivity contribution in [2.45, 2.75) is 47.6 Å². The Kier molecular flexibility index (Phi) is 8.94. The fourth-order valence-corrected chi connectivity index (χ4v) is 6.57. The number of allylic oxidation sites excluding steroid dienone is 1. The number of hydrogen-bond donors (Lipinski definition) is 0. The van der Waals surface area contributed by atoms with Gasteiger partial charge in [0.2, 0.25) is 0 Å². The van der Waals surface area contributed by atoms with Crippen LogP contribution in [-0.4, -0.2) is 34.9 Å². The van der Waals surface area contributed by atoms with E-state index in [1.54, 1.807) is 18.4 Å². The molecule has 2 aromatic heterocycles. The molecule has 10 heteroatoms. The van der Waals surface area contributed by atoms with E-state index < -0.39 is 12.0 Å². The van der Waals surface area contributed by atoms with Crippen molar-refractivity contribution in [1.29, 1.82) is 0 Å². The van der Waals surface area contributed by atoms with Gasteiger partial charge in [-0.3, -0.25) is 9.36 Å². The van der Waals surface area contributed by atoms with E-state index in [0.717, 1.165) is 22.6 Å². The van der Waals surface area contributed by atoms with Crippen LogP contribution in [0.2, 0.25) is 5.02 Å². The van der Waals surface area contributed by atoms with Crippen LogP contribution < -0.4 is 24.4 Å². The van der Waals surface area contributed by atoms with E-state index in [-0.39, 0.29) is 12.2 Å².